The second kappa shape index (κ2) is 12.5. The van der Waals surface area contributed by atoms with Gasteiger partial charge >= 0.3 is 12.3 Å². The molecule has 5 rings (SSSR count). The number of H-pyrrole nitrogens is 1. The van der Waals surface area contributed by atoms with Crippen LogP contribution in [0.2, 0.25) is 5.02 Å². The predicted octanol–water partition coefficient (Wildman–Crippen LogP) is 6.01. The number of ether oxygens (including phenoxy) is 1. The molecule has 1 aliphatic carbocycles. The summed E-state index contributed by atoms with van der Waals surface area (Å²) in [5.74, 6) is -0.284. The number of halogens is 4. The molecule has 0 aliphatic heterocycles. The molecule has 11 nitrogen and oxygen atoms in total. The summed E-state index contributed by atoms with van der Waals surface area (Å²) in [6.45, 7) is 2.26. The number of benzene rings is 2. The molecule has 1 atom stereocenters. The minimum Gasteiger partial charge on any atom is -0.447 e. The maximum absolute atomic E-state index is 13.7. The Balaban J connectivity index is 1.42. The summed E-state index contributed by atoms with van der Waals surface area (Å²) < 4.78 is 47.3. The first kappa shape index (κ1) is 30.7. The van der Waals surface area contributed by atoms with Gasteiger partial charge in [0.1, 0.15) is 18.5 Å². The molecular formula is C29H28ClF3N8O3. The molecule has 1 fully saturated rings. The highest BCUT2D eigenvalue weighted by molar-refractivity contribution is 6.33. The van der Waals surface area contributed by atoms with E-state index in [1.54, 1.807) is 42.6 Å². The third kappa shape index (κ3) is 6.44. The van der Waals surface area contributed by atoms with E-state index < -0.39 is 36.4 Å². The van der Waals surface area contributed by atoms with Gasteiger partial charge in [-0.15, -0.1) is 0 Å². The fraction of sp³-hybridized carbons (Fsp3) is 0.310. The second-order valence-corrected chi connectivity index (χ2v) is 10.7. The molecule has 3 N–H and O–H groups in total. The van der Waals surface area contributed by atoms with Gasteiger partial charge in [0.2, 0.25) is 0 Å². The number of aromatic nitrogens is 5. The molecular weight excluding hydrogens is 601 g/mol. The zero-order valence-electron chi connectivity index (χ0n) is 23.4. The van der Waals surface area contributed by atoms with E-state index in [0.717, 1.165) is 35.3 Å². The first-order valence-electron chi connectivity index (χ1n) is 13.7. The van der Waals surface area contributed by atoms with Gasteiger partial charge in [0.25, 0.3) is 5.91 Å². The van der Waals surface area contributed by atoms with E-state index in [1.807, 2.05) is 23.1 Å². The molecule has 15 heteroatoms. The molecule has 0 radical (unpaired) electrons. The number of nitrogens with one attached hydrogen (secondary N) is 3. The molecule has 4 aromatic rings. The maximum atomic E-state index is 13.7. The van der Waals surface area contributed by atoms with Crippen LogP contribution in [0.3, 0.4) is 0 Å². The fourth-order valence-corrected chi connectivity index (χ4v) is 4.91. The lowest BCUT2D eigenvalue weighted by molar-refractivity contribution is -0.164. The zero-order chi connectivity index (χ0) is 31.5. The van der Waals surface area contributed by atoms with E-state index in [9.17, 15) is 22.8 Å². The number of hydrogen-bond acceptors (Lipinski definition) is 7. The topological polar surface area (TPSA) is 142 Å². The van der Waals surface area contributed by atoms with Gasteiger partial charge in [-0.25, -0.2) is 9.78 Å². The maximum Gasteiger partial charge on any atom is 0.411 e. The van der Waals surface area contributed by atoms with Crippen molar-refractivity contribution in [3.8, 4) is 22.5 Å². The number of carbonyl (C=O) groups excluding carboxylic acids is 2. The van der Waals surface area contributed by atoms with Gasteiger partial charge in [-0.1, -0.05) is 36.7 Å². The van der Waals surface area contributed by atoms with Gasteiger partial charge in [-0.3, -0.25) is 24.9 Å². The van der Waals surface area contributed by atoms with Gasteiger partial charge in [0.15, 0.2) is 5.82 Å². The standard InChI is InChI=1S/C29H28ClF3N8O3/c1-2-11-40-14-21(13-37-40)18-3-5-19(6-4-18)26(42)41(16-34)24(15-44-27(43)38-28(9-10-28)29(31,32)33)20-7-8-23(30)22(12-20)25-35-17-36-39-25/h3-8,12-14,16-17,24,34H,2,9-11,15H2,1H3,(H,38,43)(H,35,36,39). The third-order valence-electron chi connectivity index (χ3n) is 7.31. The monoisotopic (exact) mass is 628 g/mol. The molecule has 1 aliphatic rings. The Hall–Kier alpha value is -4.72. The largest absolute Gasteiger partial charge is 0.447 e. The lowest BCUT2D eigenvalue weighted by Gasteiger charge is -2.29. The molecule has 2 amide bonds. The predicted molar refractivity (Wildman–Crippen MR) is 155 cm³/mol. The highest BCUT2D eigenvalue weighted by atomic mass is 35.5. The summed E-state index contributed by atoms with van der Waals surface area (Å²) in [4.78, 5) is 31.4. The summed E-state index contributed by atoms with van der Waals surface area (Å²) in [7, 11) is 0. The van der Waals surface area contributed by atoms with Crippen molar-refractivity contribution in [3.05, 3.63) is 77.3 Å². The van der Waals surface area contributed by atoms with Crippen LogP contribution in [-0.4, -0.2) is 66.5 Å². The molecule has 2 heterocycles. The molecule has 230 valence electrons. The number of hydrogen-bond donors (Lipinski definition) is 3. The Labute approximate surface area is 254 Å². The van der Waals surface area contributed by atoms with Crippen molar-refractivity contribution in [3.63, 3.8) is 0 Å². The normalized spacial score (nSPS) is 14.5. The minimum atomic E-state index is -4.63. The van der Waals surface area contributed by atoms with Crippen LogP contribution in [0, 0.1) is 5.41 Å². The highest BCUT2D eigenvalue weighted by Gasteiger charge is 2.64. The molecule has 0 bridgehead atoms. The number of amides is 2. The average molecular weight is 629 g/mol. The fourth-order valence-electron chi connectivity index (χ4n) is 4.70. The van der Waals surface area contributed by atoms with Gasteiger partial charge in [-0.05, 0) is 54.7 Å². The summed E-state index contributed by atoms with van der Waals surface area (Å²) in [5.41, 5.74) is 0.386. The van der Waals surface area contributed by atoms with Crippen molar-refractivity contribution >= 4 is 29.9 Å². The number of carbonyl (C=O) groups is 2. The van der Waals surface area contributed by atoms with E-state index in [2.05, 4.69) is 20.3 Å². The van der Waals surface area contributed by atoms with E-state index in [0.29, 0.717) is 22.0 Å². The number of alkyl halides is 3. The van der Waals surface area contributed by atoms with E-state index >= 15 is 0 Å². The van der Waals surface area contributed by atoms with Crippen LogP contribution in [0.5, 0.6) is 0 Å². The van der Waals surface area contributed by atoms with Gasteiger partial charge in [0, 0.05) is 29.4 Å². The van der Waals surface area contributed by atoms with Crippen LogP contribution in [0.15, 0.2) is 61.2 Å². The van der Waals surface area contributed by atoms with Gasteiger partial charge in [-0.2, -0.15) is 23.4 Å². The highest BCUT2D eigenvalue weighted by Crippen LogP contribution is 2.49. The molecule has 1 unspecified atom stereocenters. The van der Waals surface area contributed by atoms with E-state index in [1.165, 1.54) is 12.4 Å². The van der Waals surface area contributed by atoms with Crippen LogP contribution in [0.1, 0.15) is 48.1 Å². The first-order chi connectivity index (χ1) is 21.0. The average Bonchev–Trinajstić information content (AvgIpc) is 3.37. The van der Waals surface area contributed by atoms with Crippen LogP contribution < -0.4 is 5.32 Å². The van der Waals surface area contributed by atoms with Crippen molar-refractivity contribution in [2.24, 2.45) is 0 Å². The summed E-state index contributed by atoms with van der Waals surface area (Å²) in [5, 5.41) is 21.2. The lowest BCUT2D eigenvalue weighted by atomic mass is 10.0. The lowest BCUT2D eigenvalue weighted by Crippen LogP contribution is -2.48. The first-order valence-corrected chi connectivity index (χ1v) is 14.1. The van der Waals surface area contributed by atoms with Crippen LogP contribution in [0.4, 0.5) is 18.0 Å². The molecule has 1 saturated carbocycles. The smallest absolute Gasteiger partial charge is 0.411 e. The van der Waals surface area contributed by atoms with Crippen LogP contribution in [0.25, 0.3) is 22.5 Å². The summed E-state index contributed by atoms with van der Waals surface area (Å²) >= 11 is 6.38. The number of alkyl carbamates (subject to hydrolysis) is 1. The van der Waals surface area contributed by atoms with Crippen LogP contribution >= 0.6 is 11.6 Å². The van der Waals surface area contributed by atoms with Crippen molar-refractivity contribution in [2.75, 3.05) is 6.61 Å². The molecule has 2 aromatic heterocycles. The molecule has 44 heavy (non-hydrogen) atoms. The SMILES string of the molecule is CCCn1cc(-c2ccc(C(=O)N(C=N)C(COC(=O)NC3(C(F)(F)F)CC3)c3ccc(Cl)c(-c4ncn[nH]4)c3)cc2)cn1. The number of nitrogens with zero attached hydrogens (tertiary/aromatic N) is 5. The number of aromatic amines is 1. The zero-order valence-corrected chi connectivity index (χ0v) is 24.2. The van der Waals surface area contributed by atoms with E-state index in [-0.39, 0.29) is 18.4 Å². The number of aryl methyl sites for hydroxylation is 1. The van der Waals surface area contributed by atoms with Crippen molar-refractivity contribution in [2.45, 2.75) is 50.5 Å². The number of rotatable bonds is 11. The van der Waals surface area contributed by atoms with Crippen LogP contribution in [-0.2, 0) is 11.3 Å². The van der Waals surface area contributed by atoms with Crippen molar-refractivity contribution < 1.29 is 27.5 Å². The third-order valence-corrected chi connectivity index (χ3v) is 7.64. The van der Waals surface area contributed by atoms with Gasteiger partial charge < -0.3 is 10.1 Å². The Morgan fingerprint density at radius 2 is 1.98 bits per heavy atom. The molecule has 0 saturated heterocycles. The Morgan fingerprint density at radius 3 is 2.59 bits per heavy atom. The van der Waals surface area contributed by atoms with Crippen molar-refractivity contribution in [1.29, 1.82) is 5.41 Å². The Bertz CT molecular complexity index is 1640. The van der Waals surface area contributed by atoms with Gasteiger partial charge in [0.05, 0.1) is 23.6 Å². The minimum absolute atomic E-state index is 0.228. The molecule has 2 aromatic carbocycles. The van der Waals surface area contributed by atoms with Crippen molar-refractivity contribution in [1.82, 2.24) is 35.2 Å². The second-order valence-electron chi connectivity index (χ2n) is 10.3. The van der Waals surface area contributed by atoms with E-state index in [4.69, 9.17) is 21.7 Å². The summed E-state index contributed by atoms with van der Waals surface area (Å²) in [6.07, 6.45) is 0.177. The summed E-state index contributed by atoms with van der Waals surface area (Å²) in [6, 6.07) is 10.2. The quantitative estimate of drug-likeness (QED) is 0.137. The Morgan fingerprint density at radius 1 is 1.23 bits per heavy atom. The Kier molecular flexibility index (Phi) is 8.72. The molecule has 0 spiro atoms.